The summed E-state index contributed by atoms with van der Waals surface area (Å²) in [5.74, 6) is 1.73. The Morgan fingerprint density at radius 3 is 2.56 bits per heavy atom. The van der Waals surface area contributed by atoms with Gasteiger partial charge in [-0.3, -0.25) is 4.79 Å². The molecule has 2 atom stereocenters. The predicted molar refractivity (Wildman–Crippen MR) is 112 cm³/mol. The number of nitrogens with two attached hydrogens (primary N) is 1. The summed E-state index contributed by atoms with van der Waals surface area (Å²) in [6.07, 6.45) is 2.46. The molecule has 2 N–H and O–H groups in total. The summed E-state index contributed by atoms with van der Waals surface area (Å²) < 4.78 is 6.16. The zero-order chi connectivity index (χ0) is 18.0. The highest BCUT2D eigenvalue weighted by atomic mass is 35.5. The van der Waals surface area contributed by atoms with Gasteiger partial charge in [-0.2, -0.15) is 0 Å². The van der Waals surface area contributed by atoms with Gasteiger partial charge in [-0.05, 0) is 19.3 Å². The van der Waals surface area contributed by atoms with Crippen LogP contribution < -0.4 is 5.73 Å². The van der Waals surface area contributed by atoms with E-state index in [1.165, 1.54) is 0 Å². The van der Waals surface area contributed by atoms with E-state index in [0.717, 1.165) is 36.4 Å². The van der Waals surface area contributed by atoms with Crippen LogP contribution in [0.3, 0.4) is 0 Å². The molecule has 5 nitrogen and oxygen atoms in total. The second-order valence-corrected chi connectivity index (χ2v) is 6.99. The molecule has 1 aliphatic heterocycles. The molecular weight excluding hydrogens is 385 g/mol. The lowest BCUT2D eigenvalue weighted by Gasteiger charge is -2.25. The van der Waals surface area contributed by atoms with E-state index in [4.69, 9.17) is 15.1 Å². The smallest absolute Gasteiger partial charge is 0.240 e. The quantitative estimate of drug-likeness (QED) is 0.769. The number of nitrogens with zero attached hydrogens (tertiary/aromatic N) is 2. The van der Waals surface area contributed by atoms with E-state index in [2.05, 4.69) is 13.8 Å². The van der Waals surface area contributed by atoms with E-state index in [0.29, 0.717) is 12.3 Å². The van der Waals surface area contributed by atoms with Crippen molar-refractivity contribution in [2.24, 2.45) is 5.73 Å². The summed E-state index contributed by atoms with van der Waals surface area (Å²) in [6.45, 7) is 6.85. The van der Waals surface area contributed by atoms with E-state index in [-0.39, 0.29) is 42.7 Å². The third-order valence-electron chi connectivity index (χ3n) is 4.82. The molecule has 3 rings (SSSR count). The van der Waals surface area contributed by atoms with Crippen LogP contribution in [0.1, 0.15) is 63.6 Å². The molecule has 27 heavy (non-hydrogen) atoms. The van der Waals surface area contributed by atoms with Gasteiger partial charge in [-0.1, -0.05) is 51.1 Å². The molecule has 1 amide bonds. The molecule has 2 heterocycles. The minimum atomic E-state index is -0.450. The Labute approximate surface area is 173 Å². The van der Waals surface area contributed by atoms with Crippen molar-refractivity contribution in [2.45, 2.75) is 58.0 Å². The Morgan fingerprint density at radius 2 is 1.96 bits per heavy atom. The molecule has 2 aromatic rings. The monoisotopic (exact) mass is 413 g/mol. The summed E-state index contributed by atoms with van der Waals surface area (Å²) in [6, 6.07) is 9.51. The minimum Gasteiger partial charge on any atom is -0.442 e. The average molecular weight is 414 g/mol. The van der Waals surface area contributed by atoms with Gasteiger partial charge in [0.1, 0.15) is 17.5 Å². The third kappa shape index (κ3) is 4.84. The number of carbonyl (C=O) groups is 1. The highest BCUT2D eigenvalue weighted by molar-refractivity contribution is 5.85. The summed E-state index contributed by atoms with van der Waals surface area (Å²) in [4.78, 5) is 19.2. The van der Waals surface area contributed by atoms with Gasteiger partial charge in [0.05, 0.1) is 6.04 Å². The van der Waals surface area contributed by atoms with Crippen LogP contribution in [0, 0.1) is 0 Å². The molecule has 0 spiro atoms. The topological polar surface area (TPSA) is 72.4 Å². The van der Waals surface area contributed by atoms with Crippen LogP contribution in [-0.2, 0) is 4.79 Å². The summed E-state index contributed by atoms with van der Waals surface area (Å²) in [5.41, 5.74) is 7.89. The van der Waals surface area contributed by atoms with Crippen molar-refractivity contribution in [3.63, 3.8) is 0 Å². The first kappa shape index (κ1) is 23.5. The number of hydrogen-bond acceptors (Lipinski definition) is 4. The summed E-state index contributed by atoms with van der Waals surface area (Å²) >= 11 is 0. The first-order valence-corrected chi connectivity index (χ1v) is 9.15. The maximum Gasteiger partial charge on any atom is 0.240 e. The number of rotatable bonds is 5. The van der Waals surface area contributed by atoms with Gasteiger partial charge < -0.3 is 15.1 Å². The van der Waals surface area contributed by atoms with Gasteiger partial charge in [-0.25, -0.2) is 4.98 Å². The minimum absolute atomic E-state index is 0. The van der Waals surface area contributed by atoms with Crippen molar-refractivity contribution in [3.05, 3.63) is 42.0 Å². The lowest BCUT2D eigenvalue weighted by atomic mass is 10.0. The molecule has 0 radical (unpaired) electrons. The Kier molecular flexibility index (Phi) is 8.79. The Morgan fingerprint density at radius 1 is 1.30 bits per heavy atom. The Hall–Kier alpha value is -1.56. The van der Waals surface area contributed by atoms with E-state index in [9.17, 15) is 4.79 Å². The van der Waals surface area contributed by atoms with Crippen molar-refractivity contribution in [3.8, 4) is 11.3 Å². The third-order valence-corrected chi connectivity index (χ3v) is 4.82. The number of aromatic nitrogens is 1. The van der Waals surface area contributed by atoms with Crippen LogP contribution in [0.25, 0.3) is 11.3 Å². The number of amides is 1. The maximum absolute atomic E-state index is 12.6. The normalized spacial score (nSPS) is 17.4. The molecule has 0 aliphatic carbocycles. The van der Waals surface area contributed by atoms with Crippen molar-refractivity contribution in [1.29, 1.82) is 0 Å². The maximum atomic E-state index is 12.6. The SMILES string of the molecule is CC[C@H](N)C(=O)N1CCCC1c1nc(-c2ccccc2)c(C(C)C)o1.Cl.Cl. The fourth-order valence-electron chi connectivity index (χ4n) is 3.36. The zero-order valence-electron chi connectivity index (χ0n) is 16.1. The van der Waals surface area contributed by atoms with E-state index < -0.39 is 6.04 Å². The largest absolute Gasteiger partial charge is 0.442 e. The lowest BCUT2D eigenvalue weighted by molar-refractivity contribution is -0.134. The highest BCUT2D eigenvalue weighted by Gasteiger charge is 2.36. The van der Waals surface area contributed by atoms with Gasteiger partial charge in [0.25, 0.3) is 0 Å². The van der Waals surface area contributed by atoms with Gasteiger partial charge in [0, 0.05) is 18.0 Å². The molecule has 1 aromatic heterocycles. The molecule has 7 heteroatoms. The Balaban J connectivity index is 0.00000182. The second-order valence-electron chi connectivity index (χ2n) is 6.99. The van der Waals surface area contributed by atoms with Crippen LogP contribution >= 0.6 is 24.8 Å². The van der Waals surface area contributed by atoms with Crippen LogP contribution in [0.4, 0.5) is 0 Å². The van der Waals surface area contributed by atoms with Gasteiger partial charge in [-0.15, -0.1) is 24.8 Å². The van der Waals surface area contributed by atoms with Crippen molar-refractivity contribution >= 4 is 30.7 Å². The molecule has 1 aliphatic rings. The van der Waals surface area contributed by atoms with Crippen LogP contribution in [-0.4, -0.2) is 28.4 Å². The molecular formula is C20H29Cl2N3O2. The highest BCUT2D eigenvalue weighted by Crippen LogP contribution is 2.37. The van der Waals surface area contributed by atoms with Gasteiger partial charge >= 0.3 is 0 Å². The summed E-state index contributed by atoms with van der Waals surface area (Å²) in [7, 11) is 0. The van der Waals surface area contributed by atoms with Crippen molar-refractivity contribution in [1.82, 2.24) is 9.88 Å². The fraction of sp³-hybridized carbons (Fsp3) is 0.500. The molecule has 1 fully saturated rings. The zero-order valence-corrected chi connectivity index (χ0v) is 17.7. The standard InChI is InChI=1S/C20H27N3O2.2ClH/c1-4-15(21)20(24)23-12-8-11-16(23)19-22-17(18(25-19)13(2)3)14-9-6-5-7-10-14;;/h5-7,9-10,13,15-16H,4,8,11-12,21H2,1-3H3;2*1H/t15-,16?;;/m0../s1. The molecule has 0 saturated carbocycles. The van der Waals surface area contributed by atoms with Crippen LogP contribution in [0.2, 0.25) is 0 Å². The number of hydrogen-bond donors (Lipinski definition) is 1. The first-order valence-electron chi connectivity index (χ1n) is 9.15. The predicted octanol–water partition coefficient (Wildman–Crippen LogP) is 4.71. The van der Waals surface area contributed by atoms with E-state index in [1.807, 2.05) is 42.2 Å². The lowest BCUT2D eigenvalue weighted by Crippen LogP contribution is -2.43. The second kappa shape index (κ2) is 10.1. The van der Waals surface area contributed by atoms with Crippen molar-refractivity contribution in [2.75, 3.05) is 6.54 Å². The number of carbonyl (C=O) groups excluding carboxylic acids is 1. The number of benzene rings is 1. The van der Waals surface area contributed by atoms with E-state index in [1.54, 1.807) is 0 Å². The number of halogens is 2. The molecule has 150 valence electrons. The van der Waals surface area contributed by atoms with E-state index >= 15 is 0 Å². The molecule has 1 saturated heterocycles. The average Bonchev–Trinajstić information content (AvgIpc) is 3.27. The van der Waals surface area contributed by atoms with Crippen molar-refractivity contribution < 1.29 is 9.21 Å². The Bertz CT molecular complexity index is 734. The van der Waals surface area contributed by atoms with Gasteiger partial charge in [0.2, 0.25) is 11.8 Å². The molecule has 0 bridgehead atoms. The fourth-order valence-corrected chi connectivity index (χ4v) is 3.36. The molecule has 1 unspecified atom stereocenters. The van der Waals surface area contributed by atoms with Crippen LogP contribution in [0.15, 0.2) is 34.7 Å². The number of likely N-dealkylation sites (tertiary alicyclic amines) is 1. The van der Waals surface area contributed by atoms with Gasteiger partial charge in [0.15, 0.2) is 0 Å². The number of oxazole rings is 1. The van der Waals surface area contributed by atoms with Crippen LogP contribution in [0.5, 0.6) is 0 Å². The summed E-state index contributed by atoms with van der Waals surface area (Å²) in [5, 5.41) is 0. The molecule has 1 aromatic carbocycles. The first-order chi connectivity index (χ1) is 12.0.